The van der Waals surface area contributed by atoms with Gasteiger partial charge < -0.3 is 5.32 Å². The molecule has 1 N–H and O–H groups in total. The average Bonchev–Trinajstić information content (AvgIpc) is 2.61. The van der Waals surface area contributed by atoms with Crippen LogP contribution >= 0.6 is 0 Å². The minimum absolute atomic E-state index is 0.0982. The van der Waals surface area contributed by atoms with Crippen LogP contribution in [0.4, 0.5) is 17.2 Å². The van der Waals surface area contributed by atoms with Crippen LogP contribution < -0.4 is 10.2 Å². The van der Waals surface area contributed by atoms with Crippen molar-refractivity contribution < 1.29 is 9.59 Å². The number of benzene rings is 1. The fourth-order valence-electron chi connectivity index (χ4n) is 2.32. The minimum atomic E-state index is -0.237. The Labute approximate surface area is 122 Å². The molecule has 106 valence electrons. The zero-order valence-electron chi connectivity index (χ0n) is 11.8. The number of hydrogen-bond donors (Lipinski definition) is 1. The lowest BCUT2D eigenvalue weighted by atomic mass is 10.1. The van der Waals surface area contributed by atoms with Crippen LogP contribution in [0, 0.1) is 5.92 Å². The number of para-hydroxylation sites is 1. The third-order valence-electron chi connectivity index (χ3n) is 3.35. The quantitative estimate of drug-likeness (QED) is 0.874. The van der Waals surface area contributed by atoms with Gasteiger partial charge in [-0.25, -0.2) is 4.98 Å². The summed E-state index contributed by atoms with van der Waals surface area (Å²) in [5, 5.41) is 2.81. The van der Waals surface area contributed by atoms with E-state index < -0.39 is 0 Å². The predicted octanol–water partition coefficient (Wildman–Crippen LogP) is 2.97. The van der Waals surface area contributed by atoms with E-state index in [1.807, 2.05) is 13.8 Å². The molecule has 0 unspecified atom stereocenters. The van der Waals surface area contributed by atoms with Crippen LogP contribution in [0.25, 0.3) is 0 Å². The molecule has 2 heterocycles. The number of hydrogen-bond acceptors (Lipinski definition) is 3. The maximum atomic E-state index is 12.6. The van der Waals surface area contributed by atoms with E-state index in [4.69, 9.17) is 0 Å². The molecule has 1 aromatic heterocycles. The molecule has 0 aliphatic carbocycles. The van der Waals surface area contributed by atoms with Gasteiger partial charge in [-0.15, -0.1) is 0 Å². The summed E-state index contributed by atoms with van der Waals surface area (Å²) in [6, 6.07) is 10.5. The number of rotatable bonds is 1. The van der Waals surface area contributed by atoms with Crippen molar-refractivity contribution in [2.75, 3.05) is 10.2 Å². The predicted molar refractivity (Wildman–Crippen MR) is 80.6 cm³/mol. The first-order valence-corrected chi connectivity index (χ1v) is 6.79. The number of carbonyl (C=O) groups is 2. The second kappa shape index (κ2) is 5.01. The van der Waals surface area contributed by atoms with E-state index >= 15 is 0 Å². The van der Waals surface area contributed by atoms with Crippen molar-refractivity contribution in [3.8, 4) is 0 Å². The van der Waals surface area contributed by atoms with Crippen LogP contribution in [0.1, 0.15) is 24.2 Å². The number of anilines is 3. The molecule has 0 saturated carbocycles. The Balaban J connectivity index is 2.28. The Morgan fingerprint density at radius 1 is 1.19 bits per heavy atom. The second-order valence-electron chi connectivity index (χ2n) is 5.17. The van der Waals surface area contributed by atoms with Crippen molar-refractivity contribution in [2.24, 2.45) is 5.92 Å². The summed E-state index contributed by atoms with van der Waals surface area (Å²) in [5.74, 6) is -0.0894. The van der Waals surface area contributed by atoms with Gasteiger partial charge >= 0.3 is 0 Å². The molecule has 1 aromatic carbocycles. The Kier molecular flexibility index (Phi) is 3.17. The van der Waals surface area contributed by atoms with Gasteiger partial charge in [0.05, 0.1) is 16.9 Å². The molecular weight excluding hydrogens is 266 g/mol. The number of aromatic nitrogens is 1. The largest absolute Gasteiger partial charge is 0.319 e. The lowest BCUT2D eigenvalue weighted by Crippen LogP contribution is -2.31. The van der Waals surface area contributed by atoms with E-state index in [-0.39, 0.29) is 17.7 Å². The zero-order valence-corrected chi connectivity index (χ0v) is 11.8. The average molecular weight is 281 g/mol. The number of amides is 2. The molecule has 5 nitrogen and oxygen atoms in total. The normalized spacial score (nSPS) is 13.3. The van der Waals surface area contributed by atoms with E-state index in [1.165, 1.54) is 4.90 Å². The number of fused-ring (bicyclic) bond motifs is 2. The highest BCUT2D eigenvalue weighted by atomic mass is 16.2. The molecule has 5 heteroatoms. The highest BCUT2D eigenvalue weighted by molar-refractivity contribution is 6.17. The standard InChI is InChI=1S/C16H15N3O2/c1-10(2)16(21)19-13-8-4-3-6-11(13)15(20)18-12-7-5-9-17-14(12)19/h3-10H,1-2H3,(H,18,20). The van der Waals surface area contributed by atoms with E-state index in [9.17, 15) is 9.59 Å². The van der Waals surface area contributed by atoms with Crippen LogP contribution in [0.15, 0.2) is 42.6 Å². The number of nitrogens with zero attached hydrogens (tertiary/aromatic N) is 2. The van der Waals surface area contributed by atoms with Gasteiger partial charge in [0.1, 0.15) is 0 Å². The molecule has 3 rings (SSSR count). The summed E-state index contributed by atoms with van der Waals surface area (Å²) in [6.07, 6.45) is 1.61. The van der Waals surface area contributed by atoms with Crippen molar-refractivity contribution in [1.29, 1.82) is 0 Å². The maximum absolute atomic E-state index is 12.6. The fraction of sp³-hybridized carbons (Fsp3) is 0.188. The lowest BCUT2D eigenvalue weighted by molar-refractivity contribution is -0.120. The second-order valence-corrected chi connectivity index (χ2v) is 5.17. The van der Waals surface area contributed by atoms with Crippen molar-refractivity contribution in [3.05, 3.63) is 48.2 Å². The smallest absolute Gasteiger partial charge is 0.257 e. The Morgan fingerprint density at radius 2 is 1.95 bits per heavy atom. The summed E-state index contributed by atoms with van der Waals surface area (Å²) >= 11 is 0. The summed E-state index contributed by atoms with van der Waals surface area (Å²) in [5.41, 5.74) is 1.56. The highest BCUT2D eigenvalue weighted by Gasteiger charge is 2.30. The van der Waals surface area contributed by atoms with Gasteiger partial charge in [-0.2, -0.15) is 0 Å². The molecular formula is C16H15N3O2. The monoisotopic (exact) mass is 281 g/mol. The van der Waals surface area contributed by atoms with Gasteiger partial charge in [-0.05, 0) is 24.3 Å². The van der Waals surface area contributed by atoms with Crippen LogP contribution in [0.5, 0.6) is 0 Å². The molecule has 2 aromatic rings. The first kappa shape index (κ1) is 13.3. The van der Waals surface area contributed by atoms with Crippen LogP contribution in [0.2, 0.25) is 0 Å². The summed E-state index contributed by atoms with van der Waals surface area (Å²) in [7, 11) is 0. The van der Waals surface area contributed by atoms with Crippen molar-refractivity contribution in [1.82, 2.24) is 4.98 Å². The van der Waals surface area contributed by atoms with Crippen molar-refractivity contribution in [2.45, 2.75) is 13.8 Å². The molecule has 1 aliphatic heterocycles. The first-order valence-electron chi connectivity index (χ1n) is 6.79. The van der Waals surface area contributed by atoms with E-state index in [0.29, 0.717) is 22.8 Å². The zero-order chi connectivity index (χ0) is 15.0. The Morgan fingerprint density at radius 3 is 2.71 bits per heavy atom. The molecule has 0 radical (unpaired) electrons. The van der Waals surface area contributed by atoms with E-state index in [2.05, 4.69) is 10.3 Å². The molecule has 0 saturated heterocycles. The summed E-state index contributed by atoms with van der Waals surface area (Å²) in [6.45, 7) is 3.65. The highest BCUT2D eigenvalue weighted by Crippen LogP contribution is 2.36. The maximum Gasteiger partial charge on any atom is 0.257 e. The minimum Gasteiger partial charge on any atom is -0.319 e. The Hall–Kier alpha value is -2.69. The number of carbonyl (C=O) groups excluding carboxylic acids is 2. The Bertz CT molecular complexity index is 725. The lowest BCUT2D eigenvalue weighted by Gasteiger charge is -2.24. The third kappa shape index (κ3) is 2.16. The van der Waals surface area contributed by atoms with Gasteiger partial charge in [0.15, 0.2) is 5.82 Å². The molecule has 0 atom stereocenters. The van der Waals surface area contributed by atoms with Gasteiger partial charge in [-0.3, -0.25) is 14.5 Å². The molecule has 2 amide bonds. The molecule has 0 bridgehead atoms. The fourth-order valence-corrected chi connectivity index (χ4v) is 2.32. The topological polar surface area (TPSA) is 62.3 Å². The molecule has 0 spiro atoms. The first-order chi connectivity index (χ1) is 10.1. The SMILES string of the molecule is CC(C)C(=O)N1c2ccccc2C(=O)Nc2cccnc21. The van der Waals surface area contributed by atoms with E-state index in [1.54, 1.807) is 42.6 Å². The van der Waals surface area contributed by atoms with Crippen LogP contribution in [-0.2, 0) is 4.79 Å². The molecule has 21 heavy (non-hydrogen) atoms. The summed E-state index contributed by atoms with van der Waals surface area (Å²) < 4.78 is 0. The number of nitrogens with one attached hydrogen (secondary N) is 1. The number of pyridine rings is 1. The van der Waals surface area contributed by atoms with Crippen molar-refractivity contribution >= 4 is 29.0 Å². The molecule has 0 fully saturated rings. The van der Waals surface area contributed by atoms with E-state index in [0.717, 1.165) is 0 Å². The van der Waals surface area contributed by atoms with Gasteiger partial charge in [0, 0.05) is 12.1 Å². The molecule has 1 aliphatic rings. The van der Waals surface area contributed by atoms with Crippen molar-refractivity contribution in [3.63, 3.8) is 0 Å². The van der Waals surface area contributed by atoms with Crippen LogP contribution in [-0.4, -0.2) is 16.8 Å². The van der Waals surface area contributed by atoms with Gasteiger partial charge in [0.2, 0.25) is 5.91 Å². The van der Waals surface area contributed by atoms with Gasteiger partial charge in [-0.1, -0.05) is 26.0 Å². The van der Waals surface area contributed by atoms with Crippen LogP contribution in [0.3, 0.4) is 0 Å². The summed E-state index contributed by atoms with van der Waals surface area (Å²) in [4.78, 5) is 30.8. The van der Waals surface area contributed by atoms with Gasteiger partial charge in [0.25, 0.3) is 5.91 Å². The third-order valence-corrected chi connectivity index (χ3v) is 3.35.